The van der Waals surface area contributed by atoms with Gasteiger partial charge in [-0.3, -0.25) is 9.59 Å². The molecule has 0 aromatic heterocycles. The van der Waals surface area contributed by atoms with Gasteiger partial charge in [0.2, 0.25) is 5.91 Å². The van der Waals surface area contributed by atoms with E-state index in [-0.39, 0.29) is 25.0 Å². The van der Waals surface area contributed by atoms with E-state index in [1.54, 1.807) is 29.2 Å². The third-order valence-electron chi connectivity index (χ3n) is 6.99. The molecule has 1 N–H and O–H groups in total. The molecular weight excluding hydrogens is 547 g/mol. The Hall–Kier alpha value is -3.39. The summed E-state index contributed by atoms with van der Waals surface area (Å²) in [5.74, 6) is -0.422. The highest BCUT2D eigenvalue weighted by atomic mass is 35.5. The zero-order valence-electron chi connectivity index (χ0n) is 22.8. The van der Waals surface area contributed by atoms with E-state index in [2.05, 4.69) is 29.2 Å². The fraction of sp³-hybridized carbons (Fsp3) is 0.323. The van der Waals surface area contributed by atoms with Gasteiger partial charge in [0, 0.05) is 25.1 Å². The molecule has 0 radical (unpaired) electrons. The molecule has 0 saturated carbocycles. The SMILES string of the molecule is CCN(CC)CCNC(=O)[C@@H]1CC(=NOCc2ccc(Cl)c(Cl)c2)CN1C(=O)c1ccc(-c2ccccc2)cc1. The van der Waals surface area contributed by atoms with Crippen LogP contribution >= 0.6 is 23.2 Å². The molecule has 0 unspecified atom stereocenters. The Morgan fingerprint density at radius 1 is 0.975 bits per heavy atom. The number of rotatable bonds is 11. The van der Waals surface area contributed by atoms with Crippen LogP contribution in [0.4, 0.5) is 0 Å². The molecule has 40 heavy (non-hydrogen) atoms. The van der Waals surface area contributed by atoms with Crippen LogP contribution in [0.1, 0.15) is 36.2 Å². The maximum absolute atomic E-state index is 13.6. The van der Waals surface area contributed by atoms with Gasteiger partial charge in [0.05, 0.1) is 22.3 Å². The second-order valence-electron chi connectivity index (χ2n) is 9.59. The summed E-state index contributed by atoms with van der Waals surface area (Å²) in [5.41, 5.74) is 4.04. The lowest BCUT2D eigenvalue weighted by Gasteiger charge is -2.24. The molecule has 1 heterocycles. The summed E-state index contributed by atoms with van der Waals surface area (Å²) < 4.78 is 0. The van der Waals surface area contributed by atoms with Crippen molar-refractivity contribution < 1.29 is 14.4 Å². The molecule has 0 aliphatic carbocycles. The van der Waals surface area contributed by atoms with Gasteiger partial charge in [0.1, 0.15) is 12.6 Å². The molecule has 3 aromatic carbocycles. The second-order valence-corrected chi connectivity index (χ2v) is 10.4. The second kappa shape index (κ2) is 14.3. The largest absolute Gasteiger partial charge is 0.391 e. The van der Waals surface area contributed by atoms with Crippen LogP contribution in [0.3, 0.4) is 0 Å². The Balaban J connectivity index is 1.47. The molecule has 210 valence electrons. The highest BCUT2D eigenvalue weighted by molar-refractivity contribution is 6.42. The van der Waals surface area contributed by atoms with Crippen molar-refractivity contribution in [3.63, 3.8) is 0 Å². The normalized spacial score (nSPS) is 16.0. The lowest BCUT2D eigenvalue weighted by molar-refractivity contribution is -0.124. The molecule has 0 spiro atoms. The third kappa shape index (κ3) is 7.62. The number of nitrogens with zero attached hydrogens (tertiary/aromatic N) is 3. The minimum atomic E-state index is -0.676. The molecule has 1 aliphatic heterocycles. The van der Waals surface area contributed by atoms with Crippen molar-refractivity contribution in [2.75, 3.05) is 32.7 Å². The van der Waals surface area contributed by atoms with E-state index < -0.39 is 6.04 Å². The molecule has 2 amide bonds. The van der Waals surface area contributed by atoms with Gasteiger partial charge in [0.25, 0.3) is 5.91 Å². The predicted molar refractivity (Wildman–Crippen MR) is 161 cm³/mol. The van der Waals surface area contributed by atoms with Gasteiger partial charge in [-0.2, -0.15) is 0 Å². The summed E-state index contributed by atoms with van der Waals surface area (Å²) in [6, 6.07) is 22.0. The number of hydrogen-bond acceptors (Lipinski definition) is 5. The molecule has 1 fully saturated rings. The molecule has 1 saturated heterocycles. The van der Waals surface area contributed by atoms with Gasteiger partial charge in [0.15, 0.2) is 0 Å². The highest BCUT2D eigenvalue weighted by Crippen LogP contribution is 2.25. The number of amides is 2. The summed E-state index contributed by atoms with van der Waals surface area (Å²) in [6.07, 6.45) is 0.298. The first kappa shape index (κ1) is 29.6. The van der Waals surface area contributed by atoms with Crippen LogP contribution in [-0.4, -0.2) is 66.1 Å². The number of likely N-dealkylation sites (N-methyl/N-ethyl adjacent to an activating group) is 1. The number of nitrogens with one attached hydrogen (secondary N) is 1. The smallest absolute Gasteiger partial charge is 0.254 e. The number of carbonyl (C=O) groups is 2. The summed E-state index contributed by atoms with van der Waals surface area (Å²) in [7, 11) is 0. The van der Waals surface area contributed by atoms with E-state index in [0.29, 0.717) is 34.3 Å². The van der Waals surface area contributed by atoms with Crippen molar-refractivity contribution in [3.05, 3.63) is 94.0 Å². The Morgan fingerprint density at radius 2 is 1.68 bits per heavy atom. The minimum absolute atomic E-state index is 0.190. The van der Waals surface area contributed by atoms with Crippen LogP contribution in [0.25, 0.3) is 11.1 Å². The van der Waals surface area contributed by atoms with E-state index in [1.807, 2.05) is 48.5 Å². The Bertz CT molecular complexity index is 1330. The van der Waals surface area contributed by atoms with Gasteiger partial charge in [-0.15, -0.1) is 0 Å². The summed E-state index contributed by atoms with van der Waals surface area (Å²) >= 11 is 12.1. The Morgan fingerprint density at radius 3 is 2.35 bits per heavy atom. The predicted octanol–water partition coefficient (Wildman–Crippen LogP) is 5.91. The molecular formula is C31H34Cl2N4O3. The third-order valence-corrected chi connectivity index (χ3v) is 7.73. The van der Waals surface area contributed by atoms with Gasteiger partial charge >= 0.3 is 0 Å². The summed E-state index contributed by atoms with van der Waals surface area (Å²) in [5, 5.41) is 8.19. The summed E-state index contributed by atoms with van der Waals surface area (Å²) in [6.45, 7) is 7.64. The van der Waals surface area contributed by atoms with Crippen molar-refractivity contribution in [2.24, 2.45) is 5.16 Å². The average Bonchev–Trinajstić information content (AvgIpc) is 3.41. The van der Waals surface area contributed by atoms with Crippen LogP contribution in [-0.2, 0) is 16.2 Å². The average molecular weight is 582 g/mol. The number of hydrogen-bond donors (Lipinski definition) is 1. The quantitative estimate of drug-likeness (QED) is 0.286. The fourth-order valence-corrected chi connectivity index (χ4v) is 4.96. The molecule has 1 atom stereocenters. The van der Waals surface area contributed by atoms with Crippen LogP contribution < -0.4 is 5.32 Å². The Labute approximate surface area is 245 Å². The van der Waals surface area contributed by atoms with E-state index in [1.165, 1.54) is 0 Å². The van der Waals surface area contributed by atoms with E-state index in [9.17, 15) is 9.59 Å². The van der Waals surface area contributed by atoms with Crippen LogP contribution in [0.5, 0.6) is 0 Å². The summed E-state index contributed by atoms with van der Waals surface area (Å²) in [4.78, 5) is 36.2. The lowest BCUT2D eigenvalue weighted by Crippen LogP contribution is -2.47. The number of halogens is 2. The maximum Gasteiger partial charge on any atom is 0.254 e. The molecule has 7 nitrogen and oxygen atoms in total. The topological polar surface area (TPSA) is 74.2 Å². The van der Waals surface area contributed by atoms with E-state index in [4.69, 9.17) is 28.0 Å². The van der Waals surface area contributed by atoms with Crippen LogP contribution in [0.2, 0.25) is 10.0 Å². The zero-order chi connectivity index (χ0) is 28.5. The molecule has 4 rings (SSSR count). The molecule has 9 heteroatoms. The van der Waals surface area contributed by atoms with Gasteiger partial charge in [-0.05, 0) is 54.0 Å². The number of benzene rings is 3. The van der Waals surface area contributed by atoms with E-state index in [0.717, 1.165) is 36.3 Å². The highest BCUT2D eigenvalue weighted by Gasteiger charge is 2.38. The van der Waals surface area contributed by atoms with Crippen molar-refractivity contribution in [3.8, 4) is 11.1 Å². The van der Waals surface area contributed by atoms with Gasteiger partial charge in [-0.1, -0.05) is 90.7 Å². The van der Waals surface area contributed by atoms with E-state index >= 15 is 0 Å². The fourth-order valence-electron chi connectivity index (χ4n) is 4.64. The first-order chi connectivity index (χ1) is 19.4. The lowest BCUT2D eigenvalue weighted by atomic mass is 10.0. The molecule has 0 bridgehead atoms. The zero-order valence-corrected chi connectivity index (χ0v) is 24.3. The van der Waals surface area contributed by atoms with Crippen molar-refractivity contribution in [1.82, 2.24) is 15.1 Å². The monoisotopic (exact) mass is 580 g/mol. The number of oxime groups is 1. The maximum atomic E-state index is 13.6. The standard InChI is InChI=1S/C31H34Cl2N4O3/c1-3-36(4-2)17-16-34-30(38)29-19-26(35-40-21-22-10-15-27(32)28(33)18-22)20-37(29)31(39)25-13-11-24(12-14-25)23-8-6-5-7-9-23/h5-15,18,29H,3-4,16-17,19-21H2,1-2H3,(H,34,38)/t29-/m0/s1. The van der Waals surface area contributed by atoms with Crippen LogP contribution in [0, 0.1) is 0 Å². The van der Waals surface area contributed by atoms with Gasteiger partial charge < -0.3 is 20.0 Å². The van der Waals surface area contributed by atoms with Gasteiger partial charge in [-0.25, -0.2) is 0 Å². The minimum Gasteiger partial charge on any atom is -0.391 e. The molecule has 3 aromatic rings. The first-order valence-corrected chi connectivity index (χ1v) is 14.2. The van der Waals surface area contributed by atoms with Crippen molar-refractivity contribution >= 4 is 40.7 Å². The molecule has 1 aliphatic rings. The number of carbonyl (C=O) groups excluding carboxylic acids is 2. The van der Waals surface area contributed by atoms with Crippen LogP contribution in [0.15, 0.2) is 78.0 Å². The van der Waals surface area contributed by atoms with Crippen molar-refractivity contribution in [1.29, 1.82) is 0 Å². The first-order valence-electron chi connectivity index (χ1n) is 13.5. The Kier molecular flexibility index (Phi) is 10.6. The van der Waals surface area contributed by atoms with Crippen molar-refractivity contribution in [2.45, 2.75) is 32.9 Å². The number of likely N-dealkylation sites (tertiary alicyclic amines) is 1.